The Morgan fingerprint density at radius 3 is 2.56 bits per heavy atom. The molecular formula is C31H38N6O2. The van der Waals surface area contributed by atoms with E-state index in [1.165, 1.54) is 34.5 Å². The fourth-order valence-corrected chi connectivity index (χ4v) is 6.24. The molecule has 0 N–H and O–H groups in total. The number of carbonyl (C=O) groups is 1. The average Bonchev–Trinajstić information content (AvgIpc) is 3.27. The molecule has 0 unspecified atom stereocenters. The zero-order valence-electron chi connectivity index (χ0n) is 22.9. The molecule has 0 saturated carbocycles. The molecule has 2 fully saturated rings. The van der Waals surface area contributed by atoms with Gasteiger partial charge in [0.05, 0.1) is 5.69 Å². The van der Waals surface area contributed by atoms with Crippen LogP contribution >= 0.6 is 0 Å². The number of ether oxygens (including phenoxy) is 1. The Kier molecular flexibility index (Phi) is 7.37. The monoisotopic (exact) mass is 526 g/mol. The van der Waals surface area contributed by atoms with Crippen molar-refractivity contribution in [3.63, 3.8) is 0 Å². The molecule has 8 nitrogen and oxygen atoms in total. The maximum absolute atomic E-state index is 12.2. The molecule has 3 aliphatic heterocycles. The normalized spacial score (nSPS) is 20.1. The third kappa shape index (κ3) is 5.30. The number of aromatic nitrogens is 2. The lowest BCUT2D eigenvalue weighted by Crippen LogP contribution is -2.49. The molecular weight excluding hydrogens is 488 g/mol. The second-order valence-corrected chi connectivity index (χ2v) is 10.8. The van der Waals surface area contributed by atoms with Crippen LogP contribution in [0.1, 0.15) is 24.1 Å². The fourth-order valence-electron chi connectivity index (χ4n) is 6.24. The van der Waals surface area contributed by atoms with Gasteiger partial charge in [-0.25, -0.2) is 0 Å². The Morgan fingerprint density at radius 1 is 0.974 bits per heavy atom. The van der Waals surface area contributed by atoms with E-state index >= 15 is 0 Å². The second kappa shape index (κ2) is 11.2. The molecule has 1 atom stereocenters. The summed E-state index contributed by atoms with van der Waals surface area (Å²) in [5, 5.41) is 2.54. The number of nitrogens with zero attached hydrogens (tertiary/aromatic N) is 6. The van der Waals surface area contributed by atoms with Crippen LogP contribution in [0.3, 0.4) is 0 Å². The van der Waals surface area contributed by atoms with E-state index in [4.69, 9.17) is 14.7 Å². The van der Waals surface area contributed by atoms with Gasteiger partial charge >= 0.3 is 6.01 Å². The molecule has 2 saturated heterocycles. The standard InChI is InChI=1S/C31H38N6O2/c1-3-29(38)36-18-20-37(21-19-36)30-26-13-16-35(28-12-6-9-23-8-4-5-11-25(23)28)17-14-27(26)32-31(33-30)39-22-24-10-7-15-34(24)2/h3-6,8-9,11-12,24H,1,7,10,13-22H2,2H3/t24-/m0/s1. The van der Waals surface area contributed by atoms with Gasteiger partial charge in [-0.15, -0.1) is 0 Å². The molecule has 1 amide bonds. The van der Waals surface area contributed by atoms with Crippen molar-refractivity contribution >= 4 is 28.2 Å². The van der Waals surface area contributed by atoms with E-state index in [0.29, 0.717) is 31.7 Å². The Balaban J connectivity index is 1.28. The number of fused-ring (bicyclic) bond motifs is 2. The van der Waals surface area contributed by atoms with Crippen molar-refractivity contribution in [2.45, 2.75) is 31.7 Å². The summed E-state index contributed by atoms with van der Waals surface area (Å²) in [6, 6.07) is 16.0. The summed E-state index contributed by atoms with van der Waals surface area (Å²) < 4.78 is 6.26. The van der Waals surface area contributed by atoms with Crippen LogP contribution in [-0.4, -0.2) is 91.2 Å². The molecule has 0 aliphatic carbocycles. The summed E-state index contributed by atoms with van der Waals surface area (Å²) in [5.41, 5.74) is 3.57. The highest BCUT2D eigenvalue weighted by atomic mass is 16.5. The van der Waals surface area contributed by atoms with Crippen molar-refractivity contribution in [2.75, 3.05) is 69.3 Å². The molecule has 3 aromatic rings. The largest absolute Gasteiger partial charge is 0.462 e. The number of rotatable bonds is 6. The second-order valence-electron chi connectivity index (χ2n) is 10.8. The van der Waals surface area contributed by atoms with E-state index in [0.717, 1.165) is 63.5 Å². The van der Waals surface area contributed by atoms with Crippen molar-refractivity contribution in [3.8, 4) is 6.01 Å². The number of carbonyl (C=O) groups excluding carboxylic acids is 1. The number of hydrogen-bond acceptors (Lipinski definition) is 7. The van der Waals surface area contributed by atoms with Gasteiger partial charge in [0.1, 0.15) is 12.4 Å². The average molecular weight is 527 g/mol. The van der Waals surface area contributed by atoms with Crippen molar-refractivity contribution in [3.05, 3.63) is 66.4 Å². The summed E-state index contributed by atoms with van der Waals surface area (Å²) in [4.78, 5) is 31.2. The minimum Gasteiger partial charge on any atom is -0.462 e. The molecule has 2 aromatic carbocycles. The van der Waals surface area contributed by atoms with Gasteiger partial charge < -0.3 is 24.3 Å². The van der Waals surface area contributed by atoms with E-state index in [9.17, 15) is 4.79 Å². The van der Waals surface area contributed by atoms with Crippen LogP contribution in [0.4, 0.5) is 11.5 Å². The quantitative estimate of drug-likeness (QED) is 0.455. The highest BCUT2D eigenvalue weighted by Gasteiger charge is 2.28. The lowest BCUT2D eigenvalue weighted by atomic mass is 10.1. The van der Waals surface area contributed by atoms with E-state index in [-0.39, 0.29) is 5.91 Å². The van der Waals surface area contributed by atoms with Crippen molar-refractivity contribution in [1.82, 2.24) is 19.8 Å². The number of amides is 1. The highest BCUT2D eigenvalue weighted by molar-refractivity contribution is 5.94. The molecule has 4 heterocycles. The molecule has 3 aliphatic rings. The maximum Gasteiger partial charge on any atom is 0.318 e. The van der Waals surface area contributed by atoms with Crippen LogP contribution in [-0.2, 0) is 17.6 Å². The van der Waals surface area contributed by atoms with Crippen LogP contribution in [0.5, 0.6) is 6.01 Å². The van der Waals surface area contributed by atoms with Gasteiger partial charge in [0.25, 0.3) is 0 Å². The van der Waals surface area contributed by atoms with Crippen LogP contribution in [0.2, 0.25) is 0 Å². The Labute approximate surface area is 230 Å². The molecule has 6 rings (SSSR count). The van der Waals surface area contributed by atoms with Gasteiger partial charge in [0, 0.05) is 68.4 Å². The summed E-state index contributed by atoms with van der Waals surface area (Å²) in [6.45, 7) is 9.97. The molecule has 8 heteroatoms. The van der Waals surface area contributed by atoms with Gasteiger partial charge in [-0.3, -0.25) is 4.79 Å². The van der Waals surface area contributed by atoms with Crippen LogP contribution in [0.25, 0.3) is 10.8 Å². The topological polar surface area (TPSA) is 65.0 Å². The summed E-state index contributed by atoms with van der Waals surface area (Å²) in [7, 11) is 2.16. The summed E-state index contributed by atoms with van der Waals surface area (Å²) in [6.07, 6.45) is 5.46. The van der Waals surface area contributed by atoms with E-state index in [1.807, 2.05) is 4.90 Å². The molecule has 0 spiro atoms. The first-order valence-electron chi connectivity index (χ1n) is 14.2. The molecule has 0 bridgehead atoms. The third-order valence-electron chi connectivity index (χ3n) is 8.55. The molecule has 204 valence electrons. The van der Waals surface area contributed by atoms with Crippen molar-refractivity contribution < 1.29 is 9.53 Å². The van der Waals surface area contributed by atoms with Crippen molar-refractivity contribution in [2.24, 2.45) is 0 Å². The van der Waals surface area contributed by atoms with Gasteiger partial charge in [0.15, 0.2) is 0 Å². The summed E-state index contributed by atoms with van der Waals surface area (Å²) in [5.74, 6) is 0.965. The number of likely N-dealkylation sites (N-methyl/N-ethyl adjacent to an activating group) is 1. The first-order chi connectivity index (χ1) is 19.1. The predicted molar refractivity (Wildman–Crippen MR) is 156 cm³/mol. The Morgan fingerprint density at radius 2 is 1.77 bits per heavy atom. The zero-order valence-corrected chi connectivity index (χ0v) is 22.9. The van der Waals surface area contributed by atoms with Gasteiger partial charge in [-0.05, 0) is 50.4 Å². The first kappa shape index (κ1) is 25.6. The number of anilines is 2. The SMILES string of the molecule is C=CC(=O)N1CCN(c2nc(OC[C@@H]3CCCN3C)nc3c2CCN(c2cccc4ccccc24)CC3)CC1. The number of likely N-dealkylation sites (tertiary alicyclic amines) is 1. The van der Waals surface area contributed by atoms with Crippen molar-refractivity contribution in [1.29, 1.82) is 0 Å². The minimum absolute atomic E-state index is 0.00778. The van der Waals surface area contributed by atoms with E-state index in [1.54, 1.807) is 0 Å². The lowest BCUT2D eigenvalue weighted by molar-refractivity contribution is -0.126. The third-order valence-corrected chi connectivity index (χ3v) is 8.55. The number of benzene rings is 2. The summed E-state index contributed by atoms with van der Waals surface area (Å²) >= 11 is 0. The Hall–Kier alpha value is -3.65. The van der Waals surface area contributed by atoms with E-state index < -0.39 is 0 Å². The Bertz CT molecular complexity index is 1350. The molecule has 0 radical (unpaired) electrons. The van der Waals surface area contributed by atoms with Crippen LogP contribution < -0.4 is 14.5 Å². The minimum atomic E-state index is -0.00778. The van der Waals surface area contributed by atoms with Crippen LogP contribution in [0.15, 0.2) is 55.1 Å². The van der Waals surface area contributed by atoms with E-state index in [2.05, 4.69) is 70.8 Å². The predicted octanol–water partition coefficient (Wildman–Crippen LogP) is 3.54. The maximum atomic E-state index is 12.2. The van der Waals surface area contributed by atoms with Crippen LogP contribution in [0, 0.1) is 0 Å². The van der Waals surface area contributed by atoms with Gasteiger partial charge in [0.2, 0.25) is 5.91 Å². The lowest BCUT2D eigenvalue weighted by Gasteiger charge is -2.36. The first-order valence-corrected chi connectivity index (χ1v) is 14.2. The molecule has 1 aromatic heterocycles. The highest BCUT2D eigenvalue weighted by Crippen LogP contribution is 2.32. The van der Waals surface area contributed by atoms with Gasteiger partial charge in [-0.2, -0.15) is 9.97 Å². The number of hydrogen-bond donors (Lipinski definition) is 0. The smallest absolute Gasteiger partial charge is 0.318 e. The fraction of sp³-hybridized carbons (Fsp3) is 0.452. The van der Waals surface area contributed by atoms with Gasteiger partial charge in [-0.1, -0.05) is 43.0 Å². The zero-order chi connectivity index (χ0) is 26.8. The molecule has 39 heavy (non-hydrogen) atoms. The number of piperazine rings is 1.